The molecule has 36 heavy (non-hydrogen) atoms. The molecule has 0 aliphatic heterocycles. The number of carbonyl (C=O) groups is 3. The van der Waals surface area contributed by atoms with E-state index in [0.717, 1.165) is 18.9 Å². The van der Waals surface area contributed by atoms with Gasteiger partial charge in [0.15, 0.2) is 5.78 Å². The van der Waals surface area contributed by atoms with Crippen molar-refractivity contribution in [2.45, 2.75) is 77.6 Å². The molecule has 194 valence electrons. The first-order valence-electron chi connectivity index (χ1n) is 12.8. The maximum Gasteiger partial charge on any atom is 0.335 e. The summed E-state index contributed by atoms with van der Waals surface area (Å²) in [6.07, 6.45) is 14.5. The molecule has 0 spiro atoms. The number of nitrogens with zero attached hydrogens (tertiary/aromatic N) is 1. The predicted molar refractivity (Wildman–Crippen MR) is 140 cm³/mol. The molecular formula is C29H37NO6. The first-order valence-corrected chi connectivity index (χ1v) is 12.8. The zero-order valence-corrected chi connectivity index (χ0v) is 21.1. The van der Waals surface area contributed by atoms with Gasteiger partial charge in [0.05, 0.1) is 18.6 Å². The fourth-order valence-corrected chi connectivity index (χ4v) is 3.86. The molecule has 0 aliphatic carbocycles. The minimum atomic E-state index is -1.11. The van der Waals surface area contributed by atoms with Crippen LogP contribution in [-0.4, -0.2) is 39.5 Å². The van der Waals surface area contributed by atoms with E-state index in [-0.39, 0.29) is 23.3 Å². The average Bonchev–Trinajstić information content (AvgIpc) is 2.86. The van der Waals surface area contributed by atoms with Gasteiger partial charge in [0.1, 0.15) is 11.4 Å². The van der Waals surface area contributed by atoms with E-state index in [1.165, 1.54) is 75.6 Å². The van der Waals surface area contributed by atoms with Crippen molar-refractivity contribution in [3.8, 4) is 5.75 Å². The van der Waals surface area contributed by atoms with Crippen molar-refractivity contribution in [2.24, 2.45) is 0 Å². The van der Waals surface area contributed by atoms with Gasteiger partial charge in [-0.1, -0.05) is 76.8 Å². The summed E-state index contributed by atoms with van der Waals surface area (Å²) < 4.78 is 5.87. The van der Waals surface area contributed by atoms with Crippen LogP contribution in [0.1, 0.15) is 103 Å². The van der Waals surface area contributed by atoms with Crippen LogP contribution in [0, 0.1) is 0 Å². The molecule has 0 amide bonds. The molecule has 0 fully saturated rings. The van der Waals surface area contributed by atoms with Crippen LogP contribution in [0.5, 0.6) is 5.75 Å². The Labute approximate surface area is 213 Å². The van der Waals surface area contributed by atoms with Crippen molar-refractivity contribution in [1.82, 2.24) is 4.98 Å². The molecule has 1 aromatic carbocycles. The molecule has 0 unspecified atom stereocenters. The summed E-state index contributed by atoms with van der Waals surface area (Å²) in [6, 6.07) is 9.21. The lowest BCUT2D eigenvalue weighted by molar-refractivity contribution is -0.131. The largest absolute Gasteiger partial charge is 0.491 e. The van der Waals surface area contributed by atoms with Gasteiger partial charge in [-0.3, -0.25) is 4.79 Å². The molecule has 0 radical (unpaired) electrons. The highest BCUT2D eigenvalue weighted by Gasteiger charge is 2.13. The van der Waals surface area contributed by atoms with Crippen molar-refractivity contribution in [1.29, 1.82) is 0 Å². The Morgan fingerprint density at radius 3 is 2.14 bits per heavy atom. The van der Waals surface area contributed by atoms with E-state index in [1.807, 2.05) is 0 Å². The summed E-state index contributed by atoms with van der Waals surface area (Å²) in [4.78, 5) is 39.3. The number of ketones is 1. The lowest BCUT2D eigenvalue weighted by Crippen LogP contribution is -2.08. The molecule has 7 heteroatoms. The fourth-order valence-electron chi connectivity index (χ4n) is 3.86. The van der Waals surface area contributed by atoms with E-state index in [4.69, 9.17) is 14.9 Å². The lowest BCUT2D eigenvalue weighted by atomic mass is 10.0. The highest BCUT2D eigenvalue weighted by Crippen LogP contribution is 2.21. The quantitative estimate of drug-likeness (QED) is 0.136. The van der Waals surface area contributed by atoms with Gasteiger partial charge in [-0.15, -0.1) is 0 Å². The zero-order valence-electron chi connectivity index (χ0n) is 21.1. The number of aliphatic carboxylic acids is 1. The van der Waals surface area contributed by atoms with Gasteiger partial charge in [0, 0.05) is 17.3 Å². The molecule has 1 aromatic heterocycles. The molecule has 0 bridgehead atoms. The van der Waals surface area contributed by atoms with Crippen molar-refractivity contribution in [3.05, 3.63) is 65.0 Å². The third-order valence-electron chi connectivity index (χ3n) is 5.86. The minimum Gasteiger partial charge on any atom is -0.491 e. The SMILES string of the molecule is CCCCCCCCCCCCOc1ccc(CC(=O)c2cccc(C(=O)O)c2)nc1/C=C/C(=O)O. The number of Topliss-reactive ketones (excluding diaryl/α,β-unsaturated/α-hetero) is 1. The molecule has 0 aliphatic rings. The van der Waals surface area contributed by atoms with Crippen molar-refractivity contribution >= 4 is 23.8 Å². The number of benzene rings is 1. The fraction of sp³-hybridized carbons (Fsp3) is 0.448. The Balaban J connectivity index is 1.90. The molecule has 1 heterocycles. The number of aromatic carboxylic acids is 1. The van der Waals surface area contributed by atoms with Gasteiger partial charge in [-0.25, -0.2) is 14.6 Å². The van der Waals surface area contributed by atoms with Crippen LogP contribution >= 0.6 is 0 Å². The molecule has 2 N–H and O–H groups in total. The number of carbonyl (C=O) groups excluding carboxylic acids is 1. The van der Waals surface area contributed by atoms with Crippen molar-refractivity contribution in [3.63, 3.8) is 0 Å². The summed E-state index contributed by atoms with van der Waals surface area (Å²) in [5, 5.41) is 18.2. The molecule has 2 rings (SSSR count). The number of hydrogen-bond donors (Lipinski definition) is 2. The summed E-state index contributed by atoms with van der Waals surface area (Å²) in [7, 11) is 0. The third-order valence-corrected chi connectivity index (χ3v) is 5.86. The summed E-state index contributed by atoms with van der Waals surface area (Å²) in [6.45, 7) is 2.73. The highest BCUT2D eigenvalue weighted by atomic mass is 16.5. The molecule has 0 saturated carbocycles. The number of rotatable bonds is 18. The van der Waals surface area contributed by atoms with E-state index < -0.39 is 11.9 Å². The van der Waals surface area contributed by atoms with Crippen LogP contribution in [0.15, 0.2) is 42.5 Å². The first kappa shape index (κ1) is 28.8. The molecular weight excluding hydrogens is 458 g/mol. The summed E-state index contributed by atoms with van der Waals surface area (Å²) in [5.41, 5.74) is 1.10. The Morgan fingerprint density at radius 2 is 1.50 bits per heavy atom. The van der Waals surface area contributed by atoms with Crippen molar-refractivity contribution < 1.29 is 29.3 Å². The summed E-state index contributed by atoms with van der Waals surface area (Å²) >= 11 is 0. The summed E-state index contributed by atoms with van der Waals surface area (Å²) in [5.74, 6) is -2.03. The maximum absolute atomic E-state index is 12.7. The van der Waals surface area contributed by atoms with Gasteiger partial charge < -0.3 is 14.9 Å². The normalized spacial score (nSPS) is 11.0. The highest BCUT2D eigenvalue weighted by molar-refractivity contribution is 5.99. The van der Waals surface area contributed by atoms with Crippen molar-refractivity contribution in [2.75, 3.05) is 6.61 Å². The Bertz CT molecular complexity index is 1030. The van der Waals surface area contributed by atoms with E-state index in [1.54, 1.807) is 18.2 Å². The van der Waals surface area contributed by atoms with E-state index in [2.05, 4.69) is 11.9 Å². The van der Waals surface area contributed by atoms with Crippen LogP contribution in [0.4, 0.5) is 0 Å². The second kappa shape index (κ2) is 16.2. The zero-order chi connectivity index (χ0) is 26.2. The molecule has 7 nitrogen and oxygen atoms in total. The van der Waals surface area contributed by atoms with E-state index >= 15 is 0 Å². The number of pyridine rings is 1. The Hall–Kier alpha value is -3.48. The number of carboxylic acid groups (broad SMARTS) is 2. The van der Waals surface area contributed by atoms with Gasteiger partial charge in [-0.05, 0) is 36.8 Å². The van der Waals surface area contributed by atoms with E-state index in [0.29, 0.717) is 23.7 Å². The number of unbranched alkanes of at least 4 members (excludes halogenated alkanes) is 9. The van der Waals surface area contributed by atoms with Crippen LogP contribution < -0.4 is 4.74 Å². The third kappa shape index (κ3) is 10.8. The average molecular weight is 496 g/mol. The lowest BCUT2D eigenvalue weighted by Gasteiger charge is -2.11. The molecule has 0 atom stereocenters. The number of carboxylic acids is 2. The predicted octanol–water partition coefficient (Wildman–Crippen LogP) is 6.60. The number of ether oxygens (including phenoxy) is 1. The number of hydrogen-bond acceptors (Lipinski definition) is 5. The van der Waals surface area contributed by atoms with Gasteiger partial charge in [0.2, 0.25) is 0 Å². The topological polar surface area (TPSA) is 114 Å². The first-order chi connectivity index (χ1) is 17.4. The monoisotopic (exact) mass is 495 g/mol. The van der Waals surface area contributed by atoms with E-state index in [9.17, 15) is 14.4 Å². The van der Waals surface area contributed by atoms with Gasteiger partial charge in [-0.2, -0.15) is 0 Å². The minimum absolute atomic E-state index is 0.0367. The van der Waals surface area contributed by atoms with Crippen LogP contribution in [0.2, 0.25) is 0 Å². The Morgan fingerprint density at radius 1 is 0.861 bits per heavy atom. The van der Waals surface area contributed by atoms with Gasteiger partial charge >= 0.3 is 11.9 Å². The van der Waals surface area contributed by atoms with Crippen LogP contribution in [0.3, 0.4) is 0 Å². The maximum atomic E-state index is 12.7. The Kier molecular flexibility index (Phi) is 13.0. The second-order valence-corrected chi connectivity index (χ2v) is 8.87. The van der Waals surface area contributed by atoms with Gasteiger partial charge in [0.25, 0.3) is 0 Å². The standard InChI is InChI=1S/C29H37NO6/c1-2-3-4-5-6-7-8-9-10-11-19-36-27-17-15-24(30-25(27)16-18-28(32)33)21-26(31)22-13-12-14-23(20-22)29(34)35/h12-18,20H,2-11,19,21H2,1H3,(H,32,33)(H,34,35)/b18-16+. The second-order valence-electron chi connectivity index (χ2n) is 8.87. The van der Waals surface area contributed by atoms with Crippen LogP contribution in [0.25, 0.3) is 6.08 Å². The molecule has 2 aromatic rings. The number of aromatic nitrogens is 1. The van der Waals surface area contributed by atoms with Crippen LogP contribution in [-0.2, 0) is 11.2 Å². The smallest absolute Gasteiger partial charge is 0.335 e. The molecule has 0 saturated heterocycles.